The number of nitro groups is 1. The van der Waals surface area contributed by atoms with Gasteiger partial charge in [-0.3, -0.25) is 24.5 Å². The van der Waals surface area contributed by atoms with Crippen LogP contribution in [-0.2, 0) is 4.79 Å². The Bertz CT molecular complexity index is 909. The summed E-state index contributed by atoms with van der Waals surface area (Å²) in [6.07, 6.45) is 0. The SMILES string of the molecule is CC(C)C(=O)Nc1ccc(C(=O)NCCNC(=O)c2cccc([N+](=O)[O-])c2)cc1. The Morgan fingerprint density at radius 1 is 0.931 bits per heavy atom. The van der Waals surface area contributed by atoms with E-state index in [0.717, 1.165) is 0 Å². The first-order chi connectivity index (χ1) is 13.8. The first-order valence-electron chi connectivity index (χ1n) is 8.99. The third-order valence-corrected chi connectivity index (χ3v) is 3.95. The number of benzene rings is 2. The van der Waals surface area contributed by atoms with Crippen LogP contribution in [0, 0.1) is 16.0 Å². The molecule has 2 aromatic carbocycles. The fraction of sp³-hybridized carbons (Fsp3) is 0.250. The number of non-ortho nitro benzene ring substituents is 1. The molecule has 2 rings (SSSR count). The second-order valence-corrected chi connectivity index (χ2v) is 6.54. The molecule has 0 atom stereocenters. The maximum absolute atomic E-state index is 12.1. The van der Waals surface area contributed by atoms with E-state index in [4.69, 9.17) is 0 Å². The molecule has 0 aliphatic rings. The number of rotatable bonds is 8. The second-order valence-electron chi connectivity index (χ2n) is 6.54. The fourth-order valence-corrected chi connectivity index (χ4v) is 2.31. The number of hydrogen-bond acceptors (Lipinski definition) is 5. The molecule has 152 valence electrons. The van der Waals surface area contributed by atoms with E-state index in [1.807, 2.05) is 0 Å². The Morgan fingerprint density at radius 2 is 1.52 bits per heavy atom. The van der Waals surface area contributed by atoms with E-state index < -0.39 is 10.8 Å². The molecule has 0 unspecified atom stereocenters. The average molecular weight is 398 g/mol. The summed E-state index contributed by atoms with van der Waals surface area (Å²) in [5, 5.41) is 18.7. The highest BCUT2D eigenvalue weighted by Crippen LogP contribution is 2.13. The molecule has 3 amide bonds. The Labute approximate surface area is 167 Å². The van der Waals surface area contributed by atoms with Crippen molar-refractivity contribution in [2.24, 2.45) is 5.92 Å². The fourth-order valence-electron chi connectivity index (χ4n) is 2.31. The van der Waals surface area contributed by atoms with Gasteiger partial charge >= 0.3 is 0 Å². The summed E-state index contributed by atoms with van der Waals surface area (Å²) in [5.74, 6) is -1.04. The topological polar surface area (TPSA) is 130 Å². The number of nitro benzene ring substituents is 1. The minimum atomic E-state index is -0.573. The van der Waals surface area contributed by atoms with Crippen molar-refractivity contribution in [3.05, 3.63) is 69.8 Å². The van der Waals surface area contributed by atoms with E-state index >= 15 is 0 Å². The van der Waals surface area contributed by atoms with Crippen LogP contribution in [0.25, 0.3) is 0 Å². The van der Waals surface area contributed by atoms with Gasteiger partial charge in [0.25, 0.3) is 17.5 Å². The molecule has 0 aromatic heterocycles. The van der Waals surface area contributed by atoms with Gasteiger partial charge in [0.05, 0.1) is 4.92 Å². The van der Waals surface area contributed by atoms with Crippen molar-refractivity contribution in [3.8, 4) is 0 Å². The van der Waals surface area contributed by atoms with Crippen LogP contribution in [0.5, 0.6) is 0 Å². The van der Waals surface area contributed by atoms with Crippen LogP contribution < -0.4 is 16.0 Å². The van der Waals surface area contributed by atoms with Gasteiger partial charge in [-0.25, -0.2) is 0 Å². The lowest BCUT2D eigenvalue weighted by Gasteiger charge is -2.09. The smallest absolute Gasteiger partial charge is 0.270 e. The third-order valence-electron chi connectivity index (χ3n) is 3.95. The molecular weight excluding hydrogens is 376 g/mol. The Hall–Kier alpha value is -3.75. The van der Waals surface area contributed by atoms with Crippen LogP contribution in [0.15, 0.2) is 48.5 Å². The molecule has 2 aromatic rings. The number of carbonyl (C=O) groups is 3. The maximum Gasteiger partial charge on any atom is 0.270 e. The molecule has 0 spiro atoms. The number of nitrogens with one attached hydrogen (secondary N) is 3. The summed E-state index contributed by atoms with van der Waals surface area (Å²) in [6, 6.07) is 11.9. The van der Waals surface area contributed by atoms with Gasteiger partial charge in [0.2, 0.25) is 5.91 Å². The lowest BCUT2D eigenvalue weighted by atomic mass is 10.1. The molecular formula is C20H22N4O5. The average Bonchev–Trinajstić information content (AvgIpc) is 2.71. The summed E-state index contributed by atoms with van der Waals surface area (Å²) >= 11 is 0. The van der Waals surface area contributed by atoms with Crippen molar-refractivity contribution in [2.45, 2.75) is 13.8 Å². The van der Waals surface area contributed by atoms with Crippen LogP contribution in [0.4, 0.5) is 11.4 Å². The molecule has 9 nitrogen and oxygen atoms in total. The summed E-state index contributed by atoms with van der Waals surface area (Å²) in [5.41, 5.74) is 1.02. The quantitative estimate of drug-likeness (QED) is 0.357. The standard InChI is InChI=1S/C20H22N4O5/c1-13(2)18(25)23-16-8-6-14(7-9-16)19(26)21-10-11-22-20(27)15-4-3-5-17(12-15)24(28)29/h3-9,12-13H,10-11H2,1-2H3,(H,21,26)(H,22,27)(H,23,25). The van der Waals surface area contributed by atoms with Crippen molar-refractivity contribution in [1.29, 1.82) is 0 Å². The van der Waals surface area contributed by atoms with Crippen LogP contribution in [0.2, 0.25) is 0 Å². The van der Waals surface area contributed by atoms with Crippen LogP contribution in [0.1, 0.15) is 34.6 Å². The number of nitrogens with zero attached hydrogens (tertiary/aromatic N) is 1. The molecule has 0 bridgehead atoms. The number of hydrogen-bond donors (Lipinski definition) is 3. The Balaban J connectivity index is 1.79. The molecule has 0 saturated heterocycles. The van der Waals surface area contributed by atoms with Crippen molar-refractivity contribution < 1.29 is 19.3 Å². The van der Waals surface area contributed by atoms with Crippen LogP contribution in [-0.4, -0.2) is 35.7 Å². The lowest BCUT2D eigenvalue weighted by Crippen LogP contribution is -2.34. The first-order valence-corrected chi connectivity index (χ1v) is 8.99. The number of carbonyl (C=O) groups excluding carboxylic acids is 3. The monoisotopic (exact) mass is 398 g/mol. The molecule has 0 saturated carbocycles. The van der Waals surface area contributed by atoms with Crippen molar-refractivity contribution in [3.63, 3.8) is 0 Å². The zero-order chi connectivity index (χ0) is 21.4. The van der Waals surface area contributed by atoms with Gasteiger partial charge in [0.1, 0.15) is 0 Å². The maximum atomic E-state index is 12.1. The van der Waals surface area contributed by atoms with Crippen molar-refractivity contribution in [2.75, 3.05) is 18.4 Å². The lowest BCUT2D eigenvalue weighted by molar-refractivity contribution is -0.384. The highest BCUT2D eigenvalue weighted by molar-refractivity contribution is 5.96. The molecule has 9 heteroatoms. The minimum absolute atomic E-state index is 0.110. The number of amides is 3. The molecule has 0 aliphatic heterocycles. The van der Waals surface area contributed by atoms with Gasteiger partial charge in [-0.15, -0.1) is 0 Å². The van der Waals surface area contributed by atoms with Gasteiger partial charge in [0, 0.05) is 48.0 Å². The minimum Gasteiger partial charge on any atom is -0.350 e. The van der Waals surface area contributed by atoms with E-state index in [0.29, 0.717) is 11.3 Å². The summed E-state index contributed by atoms with van der Waals surface area (Å²) in [6.45, 7) is 3.92. The molecule has 0 fully saturated rings. The zero-order valence-corrected chi connectivity index (χ0v) is 16.1. The van der Waals surface area contributed by atoms with Crippen LogP contribution in [0.3, 0.4) is 0 Å². The van der Waals surface area contributed by atoms with E-state index in [-0.39, 0.29) is 42.1 Å². The third kappa shape index (κ3) is 6.42. The van der Waals surface area contributed by atoms with Gasteiger partial charge in [0.15, 0.2) is 0 Å². The largest absolute Gasteiger partial charge is 0.350 e. The summed E-state index contributed by atoms with van der Waals surface area (Å²) < 4.78 is 0. The van der Waals surface area contributed by atoms with E-state index in [9.17, 15) is 24.5 Å². The van der Waals surface area contributed by atoms with E-state index in [1.165, 1.54) is 24.3 Å². The van der Waals surface area contributed by atoms with Gasteiger partial charge < -0.3 is 16.0 Å². The van der Waals surface area contributed by atoms with E-state index in [2.05, 4.69) is 16.0 Å². The molecule has 29 heavy (non-hydrogen) atoms. The second kappa shape index (κ2) is 9.98. The van der Waals surface area contributed by atoms with Gasteiger partial charge in [-0.1, -0.05) is 19.9 Å². The van der Waals surface area contributed by atoms with Crippen molar-refractivity contribution in [1.82, 2.24) is 10.6 Å². The Morgan fingerprint density at radius 3 is 2.07 bits per heavy atom. The highest BCUT2D eigenvalue weighted by Gasteiger charge is 2.12. The molecule has 3 N–H and O–H groups in total. The predicted molar refractivity (Wildman–Crippen MR) is 108 cm³/mol. The molecule has 0 aliphatic carbocycles. The summed E-state index contributed by atoms with van der Waals surface area (Å²) in [7, 11) is 0. The number of anilines is 1. The predicted octanol–water partition coefficient (Wildman–Crippen LogP) is 2.35. The Kier molecular flexibility index (Phi) is 7.41. The normalized spacial score (nSPS) is 10.3. The van der Waals surface area contributed by atoms with E-state index in [1.54, 1.807) is 38.1 Å². The zero-order valence-electron chi connectivity index (χ0n) is 16.1. The first kappa shape index (κ1) is 21.5. The highest BCUT2D eigenvalue weighted by atomic mass is 16.6. The van der Waals surface area contributed by atoms with Crippen molar-refractivity contribution >= 4 is 29.1 Å². The molecule has 0 radical (unpaired) electrons. The van der Waals surface area contributed by atoms with Gasteiger partial charge in [-0.05, 0) is 30.3 Å². The molecule has 0 heterocycles. The van der Waals surface area contributed by atoms with Gasteiger partial charge in [-0.2, -0.15) is 0 Å². The summed E-state index contributed by atoms with van der Waals surface area (Å²) in [4.78, 5) is 46.0. The van der Waals surface area contributed by atoms with Crippen LogP contribution >= 0.6 is 0 Å².